The fourth-order valence-corrected chi connectivity index (χ4v) is 4.76. The molecule has 41 heavy (non-hydrogen) atoms. The van der Waals surface area contributed by atoms with E-state index in [-0.39, 0.29) is 5.56 Å². The van der Waals surface area contributed by atoms with Crippen molar-refractivity contribution in [1.29, 1.82) is 0 Å². The molecule has 2 aromatic carbocycles. The molecule has 0 saturated carbocycles. The van der Waals surface area contributed by atoms with Gasteiger partial charge >= 0.3 is 0 Å². The van der Waals surface area contributed by atoms with Crippen molar-refractivity contribution in [2.24, 2.45) is 0 Å². The maximum Gasteiger partial charge on any atom is 0.268 e. The van der Waals surface area contributed by atoms with Crippen molar-refractivity contribution >= 4 is 38.6 Å². The topological polar surface area (TPSA) is 105 Å². The Morgan fingerprint density at radius 2 is 1.68 bits per heavy atom. The predicted molar refractivity (Wildman–Crippen MR) is 156 cm³/mol. The molecule has 0 saturated heterocycles. The van der Waals surface area contributed by atoms with Crippen molar-refractivity contribution in [1.82, 2.24) is 14.5 Å². The van der Waals surface area contributed by atoms with Gasteiger partial charge in [-0.25, -0.2) is 9.37 Å². The molecule has 0 aliphatic carbocycles. The number of hydrogen-bond donors (Lipinski definition) is 1. The van der Waals surface area contributed by atoms with Gasteiger partial charge < -0.3 is 19.5 Å². The average molecular weight is 619 g/mol. The number of ether oxygens (including phenoxy) is 3. The van der Waals surface area contributed by atoms with Crippen molar-refractivity contribution in [2.75, 3.05) is 19.5 Å². The zero-order chi connectivity index (χ0) is 29.3. The van der Waals surface area contributed by atoms with Crippen LogP contribution >= 0.6 is 15.9 Å². The molecule has 1 N–H and O–H groups in total. The smallest absolute Gasteiger partial charge is 0.268 e. The lowest BCUT2D eigenvalue weighted by Gasteiger charge is -2.17. The van der Waals surface area contributed by atoms with Crippen molar-refractivity contribution < 1.29 is 23.4 Å². The summed E-state index contributed by atoms with van der Waals surface area (Å²) in [7, 11) is 3.02. The largest absolute Gasteiger partial charge is 0.491 e. The SMILES string of the molecule is COc1cc2nccc(Oc3ccc(NC(=O)c4c(C)c(Br)c(C)n(-c5ccc(F)cc5)c4=O)cc3)c2nc1OC. The van der Waals surface area contributed by atoms with Gasteiger partial charge in [-0.2, -0.15) is 0 Å². The van der Waals surface area contributed by atoms with E-state index in [0.29, 0.717) is 61.3 Å². The first-order valence-corrected chi connectivity index (χ1v) is 13.2. The summed E-state index contributed by atoms with van der Waals surface area (Å²) in [6, 6.07) is 15.6. The number of benzene rings is 2. The lowest BCUT2D eigenvalue weighted by molar-refractivity contribution is 0.102. The Morgan fingerprint density at radius 3 is 2.34 bits per heavy atom. The number of anilines is 1. The van der Waals surface area contributed by atoms with Gasteiger partial charge in [-0.1, -0.05) is 0 Å². The minimum absolute atomic E-state index is 0.0363. The summed E-state index contributed by atoms with van der Waals surface area (Å²) in [6.45, 7) is 3.44. The van der Waals surface area contributed by atoms with Crippen LogP contribution in [0.25, 0.3) is 16.7 Å². The molecule has 0 unspecified atom stereocenters. The number of nitrogens with one attached hydrogen (secondary N) is 1. The Hall–Kier alpha value is -4.77. The van der Waals surface area contributed by atoms with E-state index in [1.54, 1.807) is 56.4 Å². The number of amides is 1. The molecule has 0 radical (unpaired) electrons. The second kappa shape index (κ2) is 11.4. The van der Waals surface area contributed by atoms with Gasteiger partial charge in [0.1, 0.15) is 22.6 Å². The number of methoxy groups -OCH3 is 2. The zero-order valence-corrected chi connectivity index (χ0v) is 24.1. The third-order valence-electron chi connectivity index (χ3n) is 6.45. The van der Waals surface area contributed by atoms with Gasteiger partial charge in [-0.05, 0) is 83.9 Å². The summed E-state index contributed by atoms with van der Waals surface area (Å²) in [5.41, 5.74) is 2.48. The fraction of sp³-hybridized carbons (Fsp3) is 0.133. The molecule has 0 aliphatic rings. The van der Waals surface area contributed by atoms with Crippen LogP contribution < -0.4 is 25.1 Å². The molecule has 5 aromatic rings. The normalized spacial score (nSPS) is 10.9. The Kier molecular flexibility index (Phi) is 7.71. The van der Waals surface area contributed by atoms with Crippen molar-refractivity contribution in [3.8, 4) is 28.8 Å². The Bertz CT molecular complexity index is 1840. The molecule has 3 aromatic heterocycles. The molecule has 208 valence electrons. The quantitative estimate of drug-likeness (QED) is 0.226. The summed E-state index contributed by atoms with van der Waals surface area (Å²) in [6.07, 6.45) is 1.60. The van der Waals surface area contributed by atoms with Crippen molar-refractivity contribution in [3.05, 3.63) is 104 Å². The number of hydrogen-bond acceptors (Lipinski definition) is 7. The summed E-state index contributed by atoms with van der Waals surface area (Å²) in [5.74, 6) is 0.680. The standard InChI is InChI=1S/C30H24BrFN4O5/c1-16-25(30(38)36(17(2)26(16)31)20-9-5-18(32)6-10-20)28(37)34-19-7-11-21(12-8-19)41-23-13-14-33-22-15-24(39-3)29(40-4)35-27(22)23/h5-15H,1-4H3,(H,34,37). The first-order valence-electron chi connectivity index (χ1n) is 12.4. The zero-order valence-electron chi connectivity index (χ0n) is 22.5. The number of aromatic nitrogens is 3. The van der Waals surface area contributed by atoms with Gasteiger partial charge in [0.15, 0.2) is 11.5 Å². The number of nitrogens with zero attached hydrogens (tertiary/aromatic N) is 3. The number of rotatable bonds is 7. The Balaban J connectivity index is 1.41. The van der Waals surface area contributed by atoms with Crippen LogP contribution in [-0.2, 0) is 0 Å². The van der Waals surface area contributed by atoms with Gasteiger partial charge in [-0.3, -0.25) is 19.1 Å². The van der Waals surface area contributed by atoms with Crippen molar-refractivity contribution in [3.63, 3.8) is 0 Å². The molecular formula is C30H24BrFN4O5. The first kappa shape index (κ1) is 27.8. The summed E-state index contributed by atoms with van der Waals surface area (Å²) in [4.78, 5) is 35.6. The Morgan fingerprint density at radius 1 is 0.976 bits per heavy atom. The third-order valence-corrected chi connectivity index (χ3v) is 7.62. The van der Waals surface area contributed by atoms with Crippen LogP contribution in [-0.4, -0.2) is 34.7 Å². The van der Waals surface area contributed by atoms with Gasteiger partial charge in [0, 0.05) is 39.9 Å². The van der Waals surface area contributed by atoms with Gasteiger partial charge in [0.25, 0.3) is 17.3 Å². The molecule has 0 aliphatic heterocycles. The molecule has 0 spiro atoms. The monoisotopic (exact) mass is 618 g/mol. The van der Waals surface area contributed by atoms with Crippen LogP contribution in [0.15, 0.2) is 76.1 Å². The number of halogens is 2. The van der Waals surface area contributed by atoms with Crippen LogP contribution in [0, 0.1) is 19.7 Å². The van der Waals surface area contributed by atoms with Gasteiger partial charge in [0.2, 0.25) is 0 Å². The number of fused-ring (bicyclic) bond motifs is 1. The summed E-state index contributed by atoms with van der Waals surface area (Å²) in [5, 5.41) is 2.78. The lowest BCUT2D eigenvalue weighted by Crippen LogP contribution is -2.31. The first-order chi connectivity index (χ1) is 19.7. The van der Waals surface area contributed by atoms with Crippen LogP contribution in [0.1, 0.15) is 21.6 Å². The highest BCUT2D eigenvalue weighted by Gasteiger charge is 2.22. The molecule has 5 rings (SSSR count). The number of carbonyl (C=O) groups is 1. The van der Waals surface area contributed by atoms with Gasteiger partial charge in [0.05, 0.1) is 19.7 Å². The van der Waals surface area contributed by atoms with Crippen LogP contribution in [0.3, 0.4) is 0 Å². The maximum atomic E-state index is 13.5. The molecule has 0 atom stereocenters. The fourth-order valence-electron chi connectivity index (χ4n) is 4.39. The van der Waals surface area contributed by atoms with Crippen molar-refractivity contribution in [2.45, 2.75) is 13.8 Å². The second-order valence-corrected chi connectivity index (χ2v) is 9.77. The highest BCUT2D eigenvalue weighted by atomic mass is 79.9. The molecule has 11 heteroatoms. The number of pyridine rings is 3. The molecular weight excluding hydrogens is 595 g/mol. The summed E-state index contributed by atoms with van der Waals surface area (Å²) < 4.78 is 32.1. The van der Waals surface area contributed by atoms with E-state index in [9.17, 15) is 14.0 Å². The highest BCUT2D eigenvalue weighted by Crippen LogP contribution is 2.34. The molecule has 9 nitrogen and oxygen atoms in total. The van der Waals surface area contributed by atoms with E-state index in [0.717, 1.165) is 0 Å². The molecule has 1 amide bonds. The maximum absolute atomic E-state index is 13.5. The minimum atomic E-state index is -0.580. The minimum Gasteiger partial charge on any atom is -0.491 e. The highest BCUT2D eigenvalue weighted by molar-refractivity contribution is 9.10. The van der Waals surface area contributed by atoms with E-state index in [2.05, 4.69) is 31.2 Å². The van der Waals surface area contributed by atoms with E-state index in [4.69, 9.17) is 14.2 Å². The van der Waals surface area contributed by atoms with Crippen LogP contribution in [0.2, 0.25) is 0 Å². The second-order valence-electron chi connectivity index (χ2n) is 8.97. The van der Waals surface area contributed by atoms with E-state index in [1.165, 1.54) is 43.1 Å². The molecule has 0 bridgehead atoms. The molecule has 3 heterocycles. The van der Waals surface area contributed by atoms with E-state index < -0.39 is 17.3 Å². The van der Waals surface area contributed by atoms with Crippen LogP contribution in [0.4, 0.5) is 10.1 Å². The Labute approximate surface area is 242 Å². The number of carbonyl (C=O) groups excluding carboxylic acids is 1. The lowest BCUT2D eigenvalue weighted by atomic mass is 10.1. The third kappa shape index (κ3) is 5.36. The van der Waals surface area contributed by atoms with Crippen LogP contribution in [0.5, 0.6) is 23.1 Å². The summed E-state index contributed by atoms with van der Waals surface area (Å²) >= 11 is 3.50. The molecule has 0 fully saturated rings. The predicted octanol–water partition coefficient (Wildman–Crippen LogP) is 6.36. The van der Waals surface area contributed by atoms with E-state index in [1.807, 2.05) is 0 Å². The van der Waals surface area contributed by atoms with Gasteiger partial charge in [-0.15, -0.1) is 0 Å². The average Bonchev–Trinajstić information content (AvgIpc) is 2.97. The van der Waals surface area contributed by atoms with E-state index >= 15 is 0 Å².